The average molecular weight is 204 g/mol. The molecule has 0 amide bonds. The van der Waals surface area contributed by atoms with Crippen LogP contribution in [0.25, 0.3) is 0 Å². The number of ketones is 2. The predicted octanol–water partition coefficient (Wildman–Crippen LogP) is 2.12. The molecule has 0 aliphatic heterocycles. The number of Topliss-reactive ketones (excluding diaryl/α,β-unsaturated/α-hetero) is 2. The fourth-order valence-corrected chi connectivity index (χ4v) is 3.25. The molecule has 2 heteroatoms. The van der Waals surface area contributed by atoms with Crippen molar-refractivity contribution in [3.05, 3.63) is 0 Å². The van der Waals surface area contributed by atoms with Gasteiger partial charge in [0, 0.05) is 30.6 Å². The van der Waals surface area contributed by atoms with Crippen molar-refractivity contribution in [1.82, 2.24) is 0 Å². The van der Waals surface area contributed by atoms with Crippen molar-refractivity contribution in [3.8, 4) is 12.3 Å². The Bertz CT molecular complexity index is 337. The SMILES string of the molecule is C#CC[C@H]1C(=O)CCC[C@@]12CCCC2=O. The third-order valence-corrected chi connectivity index (χ3v) is 4.01. The number of terminal acetylenes is 1. The molecule has 0 aromatic heterocycles. The van der Waals surface area contributed by atoms with Crippen molar-refractivity contribution < 1.29 is 9.59 Å². The first kappa shape index (κ1) is 10.4. The molecule has 2 aliphatic rings. The Balaban J connectivity index is 2.31. The molecule has 0 N–H and O–H groups in total. The van der Waals surface area contributed by atoms with Crippen molar-refractivity contribution in [2.75, 3.05) is 0 Å². The van der Waals surface area contributed by atoms with Crippen molar-refractivity contribution in [2.45, 2.75) is 44.9 Å². The van der Waals surface area contributed by atoms with Crippen LogP contribution in [-0.4, -0.2) is 11.6 Å². The van der Waals surface area contributed by atoms with Crippen molar-refractivity contribution in [1.29, 1.82) is 0 Å². The summed E-state index contributed by atoms with van der Waals surface area (Å²) in [5.74, 6) is 2.90. The minimum atomic E-state index is -0.359. The molecule has 2 atom stereocenters. The first-order chi connectivity index (χ1) is 7.20. The van der Waals surface area contributed by atoms with Gasteiger partial charge >= 0.3 is 0 Å². The lowest BCUT2D eigenvalue weighted by Crippen LogP contribution is -2.42. The lowest BCUT2D eigenvalue weighted by molar-refractivity contribution is -0.141. The van der Waals surface area contributed by atoms with E-state index in [4.69, 9.17) is 6.42 Å². The standard InChI is InChI=1S/C13H16O2/c1-2-5-10-11(14)6-3-8-13(10)9-4-7-12(13)15/h1,10H,3-9H2/t10-,13+/m0/s1. The van der Waals surface area contributed by atoms with E-state index in [1.54, 1.807) is 0 Å². The Morgan fingerprint density at radius 2 is 1.93 bits per heavy atom. The molecular formula is C13H16O2. The summed E-state index contributed by atoms with van der Waals surface area (Å²) in [4.78, 5) is 23.8. The predicted molar refractivity (Wildman–Crippen MR) is 57.1 cm³/mol. The molecular weight excluding hydrogens is 188 g/mol. The maximum Gasteiger partial charge on any atom is 0.139 e. The van der Waals surface area contributed by atoms with Crippen LogP contribution in [0.5, 0.6) is 0 Å². The fourth-order valence-electron chi connectivity index (χ4n) is 3.25. The number of rotatable bonds is 1. The zero-order valence-corrected chi connectivity index (χ0v) is 8.92. The summed E-state index contributed by atoms with van der Waals surface area (Å²) in [6.45, 7) is 0. The van der Waals surface area contributed by atoms with E-state index in [2.05, 4.69) is 5.92 Å². The summed E-state index contributed by atoms with van der Waals surface area (Å²) in [6.07, 6.45) is 10.6. The first-order valence-electron chi connectivity index (χ1n) is 5.70. The maximum absolute atomic E-state index is 12.0. The lowest BCUT2D eigenvalue weighted by atomic mass is 9.63. The number of carbonyl (C=O) groups excluding carboxylic acids is 2. The highest BCUT2D eigenvalue weighted by atomic mass is 16.1. The van der Waals surface area contributed by atoms with Crippen LogP contribution in [0.15, 0.2) is 0 Å². The van der Waals surface area contributed by atoms with E-state index in [0.29, 0.717) is 19.3 Å². The smallest absolute Gasteiger partial charge is 0.139 e. The summed E-state index contributed by atoms with van der Waals surface area (Å²) < 4.78 is 0. The molecule has 2 fully saturated rings. The van der Waals surface area contributed by atoms with Gasteiger partial charge in [-0.1, -0.05) is 0 Å². The third kappa shape index (κ3) is 1.51. The van der Waals surface area contributed by atoms with Gasteiger partial charge in [0.05, 0.1) is 0 Å². The van der Waals surface area contributed by atoms with E-state index >= 15 is 0 Å². The number of hydrogen-bond donors (Lipinski definition) is 0. The van der Waals surface area contributed by atoms with Crippen LogP contribution in [0.2, 0.25) is 0 Å². The third-order valence-electron chi connectivity index (χ3n) is 4.01. The summed E-state index contributed by atoms with van der Waals surface area (Å²) in [6, 6.07) is 0. The van der Waals surface area contributed by atoms with Crippen LogP contribution < -0.4 is 0 Å². The normalized spacial score (nSPS) is 35.8. The second kappa shape index (κ2) is 3.81. The minimum absolute atomic E-state index is 0.175. The summed E-state index contributed by atoms with van der Waals surface area (Å²) in [7, 11) is 0. The maximum atomic E-state index is 12.0. The van der Waals surface area contributed by atoms with Gasteiger partial charge in [0.25, 0.3) is 0 Å². The highest BCUT2D eigenvalue weighted by Crippen LogP contribution is 2.50. The zero-order chi connectivity index (χ0) is 10.9. The van der Waals surface area contributed by atoms with Crippen molar-refractivity contribution in [3.63, 3.8) is 0 Å². The minimum Gasteiger partial charge on any atom is -0.299 e. The fraction of sp³-hybridized carbons (Fsp3) is 0.692. The molecule has 0 bridgehead atoms. The second-order valence-electron chi connectivity index (χ2n) is 4.71. The van der Waals surface area contributed by atoms with Gasteiger partial charge in [-0.05, 0) is 25.7 Å². The van der Waals surface area contributed by atoms with Gasteiger partial charge in [-0.25, -0.2) is 0 Å². The van der Waals surface area contributed by atoms with Gasteiger partial charge in [0.1, 0.15) is 11.6 Å². The summed E-state index contributed by atoms with van der Waals surface area (Å²) in [5, 5.41) is 0. The average Bonchev–Trinajstić information content (AvgIpc) is 2.56. The van der Waals surface area contributed by atoms with Crippen LogP contribution in [-0.2, 0) is 9.59 Å². The Morgan fingerprint density at radius 1 is 1.27 bits per heavy atom. The van der Waals surface area contributed by atoms with Gasteiger partial charge < -0.3 is 0 Å². The van der Waals surface area contributed by atoms with Crippen LogP contribution in [0.4, 0.5) is 0 Å². The van der Waals surface area contributed by atoms with E-state index in [1.807, 2.05) is 0 Å². The Kier molecular flexibility index (Phi) is 2.65. The monoisotopic (exact) mass is 204 g/mol. The molecule has 1 spiro atoms. The molecule has 0 aromatic carbocycles. The van der Waals surface area contributed by atoms with Gasteiger partial charge in [-0.15, -0.1) is 12.3 Å². The lowest BCUT2D eigenvalue weighted by Gasteiger charge is -2.38. The molecule has 0 heterocycles. The molecule has 2 aliphatic carbocycles. The second-order valence-corrected chi connectivity index (χ2v) is 4.71. The summed E-state index contributed by atoms with van der Waals surface area (Å²) in [5.41, 5.74) is -0.359. The highest BCUT2D eigenvalue weighted by molar-refractivity contribution is 5.95. The molecule has 0 radical (unpaired) electrons. The van der Waals surface area contributed by atoms with E-state index in [-0.39, 0.29) is 22.9 Å². The quantitative estimate of drug-likeness (QED) is 0.613. The van der Waals surface area contributed by atoms with Crippen molar-refractivity contribution in [2.24, 2.45) is 11.3 Å². The Labute approximate surface area is 90.4 Å². The number of carbonyl (C=O) groups is 2. The van der Waals surface area contributed by atoms with Gasteiger partial charge in [-0.2, -0.15) is 0 Å². The van der Waals surface area contributed by atoms with Gasteiger partial charge in [0.15, 0.2) is 0 Å². The van der Waals surface area contributed by atoms with E-state index in [0.717, 1.165) is 25.7 Å². The number of hydrogen-bond acceptors (Lipinski definition) is 2. The molecule has 0 aromatic rings. The molecule has 2 saturated carbocycles. The van der Waals surface area contributed by atoms with Crippen LogP contribution >= 0.6 is 0 Å². The van der Waals surface area contributed by atoms with Crippen molar-refractivity contribution >= 4 is 11.6 Å². The molecule has 0 unspecified atom stereocenters. The first-order valence-corrected chi connectivity index (χ1v) is 5.70. The van der Waals surface area contributed by atoms with Gasteiger partial charge in [0.2, 0.25) is 0 Å². The zero-order valence-electron chi connectivity index (χ0n) is 8.92. The van der Waals surface area contributed by atoms with Crippen LogP contribution in [0, 0.1) is 23.7 Å². The van der Waals surface area contributed by atoms with Crippen LogP contribution in [0.3, 0.4) is 0 Å². The Hall–Kier alpha value is -1.10. The molecule has 2 rings (SSSR count). The molecule has 15 heavy (non-hydrogen) atoms. The van der Waals surface area contributed by atoms with E-state index in [9.17, 15) is 9.59 Å². The largest absolute Gasteiger partial charge is 0.299 e. The van der Waals surface area contributed by atoms with E-state index in [1.165, 1.54) is 0 Å². The molecule has 0 saturated heterocycles. The Morgan fingerprint density at radius 3 is 2.47 bits per heavy atom. The van der Waals surface area contributed by atoms with Crippen LogP contribution in [0.1, 0.15) is 44.9 Å². The molecule has 80 valence electrons. The van der Waals surface area contributed by atoms with E-state index < -0.39 is 0 Å². The summed E-state index contributed by atoms with van der Waals surface area (Å²) >= 11 is 0. The topological polar surface area (TPSA) is 34.1 Å². The molecule has 2 nitrogen and oxygen atoms in total. The van der Waals surface area contributed by atoms with Gasteiger partial charge in [-0.3, -0.25) is 9.59 Å². The highest BCUT2D eigenvalue weighted by Gasteiger charge is 2.51.